The number of benzene rings is 6. The van der Waals surface area contributed by atoms with Crippen LogP contribution in [0.1, 0.15) is 205 Å². The zero-order chi connectivity index (χ0) is 50.0. The zero-order valence-electron chi connectivity index (χ0n) is 46.2. The Balaban J connectivity index is 1.24. The maximum atomic E-state index is 2.78. The van der Waals surface area contributed by atoms with E-state index in [2.05, 4.69) is 225 Å². The van der Waals surface area contributed by atoms with Gasteiger partial charge >= 0.3 is 0 Å². The third kappa shape index (κ3) is 6.24. The second-order valence-corrected chi connectivity index (χ2v) is 28.8. The van der Waals surface area contributed by atoms with Crippen molar-refractivity contribution < 1.29 is 0 Å². The van der Waals surface area contributed by atoms with Crippen LogP contribution in [0.3, 0.4) is 0 Å². The Hall–Kier alpha value is -5.02. The maximum Gasteiger partial charge on any atom is 0.252 e. The number of aryl methyl sites for hydroxylation is 1. The number of nitrogens with zero attached hydrogens (tertiary/aromatic N) is 2. The Kier molecular flexibility index (Phi) is 9.17. The summed E-state index contributed by atoms with van der Waals surface area (Å²) in [6, 6.07) is 37.9. The first-order valence-electron chi connectivity index (χ1n) is 27.0. The van der Waals surface area contributed by atoms with Crippen LogP contribution in [0.5, 0.6) is 0 Å². The standard InChI is InChI=1S/C67H79BN2/c1-39-29-46-51(66(15,16)38-65(46,13)14)35-54(39)70-56-37-50-48(62(7,8)26-28-64(50,11)12)34-53(56)68-52-33-47-49(63(9,10)27-25-61(47,5)6)36-55(52)69(57-30-40(60(2,3)4)31-58(70)59(57)68)41-23-24-43-42-21-19-20-22-44(42)67(17,18)45(43)32-41/h19-24,29-37H,25-28,38H2,1-18H3. The summed E-state index contributed by atoms with van der Waals surface area (Å²) < 4.78 is 0. The van der Waals surface area contributed by atoms with Crippen molar-refractivity contribution in [3.63, 3.8) is 0 Å². The van der Waals surface area contributed by atoms with Crippen molar-refractivity contribution in [2.24, 2.45) is 0 Å². The van der Waals surface area contributed by atoms with Gasteiger partial charge in [-0.25, -0.2) is 0 Å². The first kappa shape index (κ1) is 46.1. The molecule has 2 aliphatic heterocycles. The molecule has 4 aliphatic carbocycles. The minimum absolute atomic E-state index is 0.0500. The number of rotatable bonds is 2. The number of anilines is 6. The summed E-state index contributed by atoms with van der Waals surface area (Å²) in [4.78, 5) is 5.53. The van der Waals surface area contributed by atoms with E-state index in [1.165, 1.54) is 143 Å². The molecule has 360 valence electrons. The van der Waals surface area contributed by atoms with Gasteiger partial charge in [0.25, 0.3) is 6.71 Å². The van der Waals surface area contributed by atoms with Gasteiger partial charge in [-0.1, -0.05) is 166 Å². The summed E-state index contributed by atoms with van der Waals surface area (Å²) in [7, 11) is 0. The van der Waals surface area contributed by atoms with Crippen molar-refractivity contribution in [3.8, 4) is 11.1 Å². The Morgan fingerprint density at radius 2 is 0.857 bits per heavy atom. The zero-order valence-corrected chi connectivity index (χ0v) is 46.2. The Morgan fingerprint density at radius 3 is 1.40 bits per heavy atom. The van der Waals surface area contributed by atoms with Gasteiger partial charge in [-0.2, -0.15) is 0 Å². The molecule has 0 N–H and O–H groups in total. The van der Waals surface area contributed by atoms with E-state index in [1.54, 1.807) is 0 Å². The summed E-state index contributed by atoms with van der Waals surface area (Å²) >= 11 is 0. The van der Waals surface area contributed by atoms with E-state index in [4.69, 9.17) is 0 Å². The van der Waals surface area contributed by atoms with Gasteiger partial charge in [0.15, 0.2) is 0 Å². The van der Waals surface area contributed by atoms with Crippen molar-refractivity contribution in [3.05, 3.63) is 147 Å². The van der Waals surface area contributed by atoms with Crippen molar-refractivity contribution in [2.75, 3.05) is 9.80 Å². The van der Waals surface area contributed by atoms with E-state index < -0.39 is 0 Å². The third-order valence-corrected chi connectivity index (χ3v) is 19.6. The van der Waals surface area contributed by atoms with Crippen LogP contribution < -0.4 is 26.2 Å². The lowest BCUT2D eigenvalue weighted by Crippen LogP contribution is -2.62. The van der Waals surface area contributed by atoms with Crippen LogP contribution in [0.2, 0.25) is 0 Å². The van der Waals surface area contributed by atoms with Gasteiger partial charge in [0.1, 0.15) is 0 Å². The molecule has 70 heavy (non-hydrogen) atoms. The smallest absolute Gasteiger partial charge is 0.252 e. The van der Waals surface area contributed by atoms with Gasteiger partial charge < -0.3 is 9.80 Å². The quantitative estimate of drug-likeness (QED) is 0.159. The molecule has 0 amide bonds. The molecular formula is C67H79BN2. The van der Waals surface area contributed by atoms with Crippen molar-refractivity contribution in [2.45, 2.75) is 200 Å². The summed E-state index contributed by atoms with van der Waals surface area (Å²) in [5.74, 6) is 0. The van der Waals surface area contributed by atoms with E-state index in [0.29, 0.717) is 0 Å². The average Bonchev–Trinajstić information content (AvgIpc) is 3.61. The summed E-state index contributed by atoms with van der Waals surface area (Å²) in [5.41, 5.74) is 29.9. The fraction of sp³-hybridized carbons (Fsp3) is 0.463. The van der Waals surface area contributed by atoms with Crippen molar-refractivity contribution >= 4 is 57.2 Å². The highest BCUT2D eigenvalue weighted by molar-refractivity contribution is 7.00. The average molecular weight is 923 g/mol. The van der Waals surface area contributed by atoms with Crippen molar-refractivity contribution in [1.29, 1.82) is 0 Å². The van der Waals surface area contributed by atoms with Crippen molar-refractivity contribution in [1.82, 2.24) is 0 Å². The maximum absolute atomic E-state index is 2.78. The van der Waals surface area contributed by atoms with E-state index >= 15 is 0 Å². The second-order valence-electron chi connectivity index (χ2n) is 28.8. The molecule has 0 bridgehead atoms. The monoisotopic (exact) mass is 923 g/mol. The Labute approximate surface area is 422 Å². The van der Waals surface area contributed by atoms with E-state index in [9.17, 15) is 0 Å². The van der Waals surface area contributed by atoms with Crippen LogP contribution in [0, 0.1) is 6.92 Å². The van der Waals surface area contributed by atoms with E-state index in [0.717, 1.165) is 6.42 Å². The molecule has 2 heterocycles. The topological polar surface area (TPSA) is 6.48 Å². The fourth-order valence-electron chi connectivity index (χ4n) is 15.3. The molecule has 0 fully saturated rings. The summed E-state index contributed by atoms with van der Waals surface area (Å²) in [5, 5.41) is 0. The van der Waals surface area contributed by atoms with Crippen LogP contribution in [0.4, 0.5) is 34.1 Å². The lowest BCUT2D eigenvalue weighted by Gasteiger charge is -2.49. The van der Waals surface area contributed by atoms with Crippen LogP contribution in [0.25, 0.3) is 11.1 Å². The molecule has 12 rings (SSSR count). The molecule has 0 aromatic heterocycles. The summed E-state index contributed by atoms with van der Waals surface area (Å²) in [6.07, 6.45) is 5.88. The minimum Gasteiger partial charge on any atom is -0.311 e. The van der Waals surface area contributed by atoms with Gasteiger partial charge in [-0.3, -0.25) is 0 Å². The molecule has 0 saturated carbocycles. The molecule has 0 radical (unpaired) electrons. The van der Waals surface area contributed by atoms with Crippen LogP contribution in [-0.4, -0.2) is 6.71 Å². The predicted molar refractivity (Wildman–Crippen MR) is 303 cm³/mol. The normalized spacial score (nSPS) is 21.4. The molecule has 6 aliphatic rings. The highest BCUT2D eigenvalue weighted by Gasteiger charge is 2.50. The molecular weight excluding hydrogens is 844 g/mol. The van der Waals surface area contributed by atoms with E-state index in [-0.39, 0.29) is 50.0 Å². The number of hydrogen-bond acceptors (Lipinski definition) is 2. The van der Waals surface area contributed by atoms with Crippen LogP contribution in [0.15, 0.2) is 91.0 Å². The highest BCUT2D eigenvalue weighted by atomic mass is 15.2. The first-order chi connectivity index (χ1) is 32.4. The Morgan fingerprint density at radius 1 is 0.414 bits per heavy atom. The molecule has 3 heteroatoms. The van der Waals surface area contributed by atoms with Gasteiger partial charge in [0.2, 0.25) is 0 Å². The lowest BCUT2D eigenvalue weighted by atomic mass is 9.32. The van der Waals surface area contributed by atoms with Gasteiger partial charge in [0.05, 0.1) is 0 Å². The van der Waals surface area contributed by atoms with E-state index in [1.807, 2.05) is 0 Å². The molecule has 2 nitrogen and oxygen atoms in total. The highest BCUT2D eigenvalue weighted by Crippen LogP contribution is 2.57. The minimum atomic E-state index is -0.125. The SMILES string of the molecule is Cc1cc2c(cc1N1c3cc4c(cc3B3c5cc6c(cc5N(c5ccc7c(c5)C(C)(C)c5ccccc5-7)c5cc(C(C)(C)C)cc1c53)C(C)(C)CCC6(C)C)C(C)(C)CCC4(C)C)C(C)(C)CC2(C)C. The number of fused-ring (bicyclic) bond motifs is 10. The molecule has 0 spiro atoms. The van der Waals surface area contributed by atoms with Crippen LogP contribution in [-0.2, 0) is 43.3 Å². The third-order valence-electron chi connectivity index (χ3n) is 19.6. The molecule has 0 saturated heterocycles. The van der Waals surface area contributed by atoms with Crippen LogP contribution >= 0.6 is 0 Å². The van der Waals surface area contributed by atoms with Gasteiger partial charge in [-0.05, 0) is 203 Å². The van der Waals surface area contributed by atoms with Gasteiger partial charge in [0, 0.05) is 39.5 Å². The molecule has 0 atom stereocenters. The second kappa shape index (κ2) is 13.9. The Bertz CT molecular complexity index is 3290. The van der Waals surface area contributed by atoms with Gasteiger partial charge in [-0.15, -0.1) is 0 Å². The summed E-state index contributed by atoms with van der Waals surface area (Å²) in [6.45, 7) is 44.6. The molecule has 6 aromatic rings. The number of hydrogen-bond donors (Lipinski definition) is 0. The molecule has 6 aromatic carbocycles. The lowest BCUT2D eigenvalue weighted by molar-refractivity contribution is 0.332. The molecule has 0 unspecified atom stereocenters. The predicted octanol–water partition coefficient (Wildman–Crippen LogP) is 16.3. The largest absolute Gasteiger partial charge is 0.311 e. The fourth-order valence-corrected chi connectivity index (χ4v) is 15.3. The first-order valence-corrected chi connectivity index (χ1v) is 27.0.